The fourth-order valence-corrected chi connectivity index (χ4v) is 2.60. The van der Waals surface area contributed by atoms with Crippen LogP contribution in [0.2, 0.25) is 0 Å². The Hall–Kier alpha value is -0.450. The van der Waals surface area contributed by atoms with Crippen molar-refractivity contribution in [2.45, 2.75) is 37.8 Å². The molecule has 2 N–H and O–H groups in total. The van der Waals surface area contributed by atoms with Crippen LogP contribution >= 0.6 is 15.9 Å². The molecule has 1 aromatic carbocycles. The van der Waals surface area contributed by atoms with Gasteiger partial charge in [-0.25, -0.2) is 4.39 Å². The monoisotopic (exact) mass is 301 g/mol. The van der Waals surface area contributed by atoms with Gasteiger partial charge in [-0.3, -0.25) is 0 Å². The zero-order valence-corrected chi connectivity index (χ0v) is 11.2. The molecule has 2 nitrogen and oxygen atoms in total. The van der Waals surface area contributed by atoms with E-state index >= 15 is 0 Å². The third-order valence-electron chi connectivity index (χ3n) is 3.26. The Balaban J connectivity index is 1.99. The summed E-state index contributed by atoms with van der Waals surface area (Å²) in [5.41, 5.74) is 0.577. The maximum absolute atomic E-state index is 13.6. The summed E-state index contributed by atoms with van der Waals surface area (Å²) in [7, 11) is 0. The van der Waals surface area contributed by atoms with E-state index in [2.05, 4.69) is 21.2 Å². The Morgan fingerprint density at radius 1 is 1.47 bits per heavy atom. The van der Waals surface area contributed by atoms with E-state index in [0.29, 0.717) is 12.0 Å². The number of rotatable bonds is 3. The van der Waals surface area contributed by atoms with Crippen LogP contribution in [0.15, 0.2) is 22.7 Å². The predicted molar refractivity (Wildman–Crippen MR) is 69.5 cm³/mol. The van der Waals surface area contributed by atoms with Crippen molar-refractivity contribution >= 4 is 15.9 Å². The molecule has 1 heterocycles. The van der Waals surface area contributed by atoms with Crippen LogP contribution in [0.4, 0.5) is 4.39 Å². The van der Waals surface area contributed by atoms with Gasteiger partial charge in [0.15, 0.2) is 0 Å². The van der Waals surface area contributed by atoms with Gasteiger partial charge < -0.3 is 10.4 Å². The Kier molecular flexibility index (Phi) is 4.54. The lowest BCUT2D eigenvalue weighted by atomic mass is 9.95. The van der Waals surface area contributed by atoms with E-state index < -0.39 is 6.10 Å². The van der Waals surface area contributed by atoms with Crippen LogP contribution < -0.4 is 5.32 Å². The lowest BCUT2D eigenvalue weighted by Gasteiger charge is -2.28. The highest BCUT2D eigenvalue weighted by Gasteiger charge is 2.22. The van der Waals surface area contributed by atoms with E-state index in [0.717, 1.165) is 30.3 Å². The van der Waals surface area contributed by atoms with Gasteiger partial charge in [-0.05, 0) is 37.1 Å². The second-order valence-electron chi connectivity index (χ2n) is 4.56. The molecule has 17 heavy (non-hydrogen) atoms. The lowest BCUT2D eigenvalue weighted by molar-refractivity contribution is 0.112. The average molecular weight is 302 g/mol. The summed E-state index contributed by atoms with van der Waals surface area (Å²) in [5.74, 6) is -0.255. The van der Waals surface area contributed by atoms with Crippen molar-refractivity contribution in [1.29, 1.82) is 0 Å². The first-order chi connectivity index (χ1) is 8.16. The molecule has 2 unspecified atom stereocenters. The fraction of sp³-hybridized carbons (Fsp3) is 0.538. The van der Waals surface area contributed by atoms with Gasteiger partial charge in [0.2, 0.25) is 0 Å². The highest BCUT2D eigenvalue weighted by atomic mass is 79.9. The fourth-order valence-electron chi connectivity index (χ4n) is 2.26. The SMILES string of the molecule is OC(Cc1ccc(Br)cc1F)C1CCCCN1. The number of aliphatic hydroxyl groups is 1. The third-order valence-corrected chi connectivity index (χ3v) is 3.75. The topological polar surface area (TPSA) is 32.3 Å². The number of benzene rings is 1. The number of halogens is 2. The van der Waals surface area contributed by atoms with Gasteiger partial charge in [0.05, 0.1) is 6.10 Å². The molecule has 0 bridgehead atoms. The van der Waals surface area contributed by atoms with Crippen LogP contribution in [0.1, 0.15) is 24.8 Å². The van der Waals surface area contributed by atoms with Crippen LogP contribution in [0.5, 0.6) is 0 Å². The summed E-state index contributed by atoms with van der Waals surface area (Å²) < 4.78 is 14.3. The summed E-state index contributed by atoms with van der Waals surface area (Å²) in [5, 5.41) is 13.4. The largest absolute Gasteiger partial charge is 0.391 e. The molecular weight excluding hydrogens is 285 g/mol. The van der Waals surface area contributed by atoms with Crippen LogP contribution in [-0.2, 0) is 6.42 Å². The molecular formula is C13H17BrFNO. The molecule has 0 aliphatic carbocycles. The number of nitrogens with one attached hydrogen (secondary N) is 1. The summed E-state index contributed by atoms with van der Waals surface area (Å²) in [4.78, 5) is 0. The van der Waals surface area contributed by atoms with E-state index in [-0.39, 0.29) is 11.9 Å². The maximum Gasteiger partial charge on any atom is 0.127 e. The van der Waals surface area contributed by atoms with Crippen LogP contribution in [0, 0.1) is 5.82 Å². The van der Waals surface area contributed by atoms with Crippen molar-refractivity contribution < 1.29 is 9.50 Å². The lowest BCUT2D eigenvalue weighted by Crippen LogP contribution is -2.44. The first kappa shape index (κ1) is 13.0. The molecule has 0 aromatic heterocycles. The van der Waals surface area contributed by atoms with Crippen molar-refractivity contribution in [1.82, 2.24) is 5.32 Å². The highest BCUT2D eigenvalue weighted by molar-refractivity contribution is 9.10. The Labute approximate surface area is 109 Å². The number of hydrogen-bond donors (Lipinski definition) is 2. The summed E-state index contributed by atoms with van der Waals surface area (Å²) in [6.07, 6.45) is 3.13. The van der Waals surface area contributed by atoms with Crippen LogP contribution in [0.25, 0.3) is 0 Å². The second-order valence-corrected chi connectivity index (χ2v) is 5.48. The van der Waals surface area contributed by atoms with E-state index in [1.807, 2.05) is 0 Å². The smallest absolute Gasteiger partial charge is 0.127 e. The van der Waals surface area contributed by atoms with E-state index in [4.69, 9.17) is 0 Å². The molecule has 4 heteroatoms. The molecule has 1 aliphatic heterocycles. The number of piperidine rings is 1. The van der Waals surface area contributed by atoms with Gasteiger partial charge in [-0.2, -0.15) is 0 Å². The molecule has 0 amide bonds. The second kappa shape index (κ2) is 5.94. The molecule has 94 valence electrons. The first-order valence-electron chi connectivity index (χ1n) is 6.02. The first-order valence-corrected chi connectivity index (χ1v) is 6.81. The van der Waals surface area contributed by atoms with Crippen LogP contribution in [-0.4, -0.2) is 23.8 Å². The van der Waals surface area contributed by atoms with E-state index in [9.17, 15) is 9.50 Å². The Morgan fingerprint density at radius 2 is 2.29 bits per heavy atom. The predicted octanol–water partition coefficient (Wildman–Crippen LogP) is 2.63. The molecule has 2 rings (SSSR count). The minimum absolute atomic E-state index is 0.104. The van der Waals surface area contributed by atoms with Gasteiger partial charge in [-0.1, -0.05) is 28.4 Å². The summed E-state index contributed by atoms with van der Waals surface area (Å²) in [6.45, 7) is 0.949. The molecule has 0 saturated carbocycles. The Morgan fingerprint density at radius 3 is 2.94 bits per heavy atom. The molecule has 1 aliphatic rings. The van der Waals surface area contributed by atoms with E-state index in [1.165, 1.54) is 6.07 Å². The van der Waals surface area contributed by atoms with Gasteiger partial charge >= 0.3 is 0 Å². The summed E-state index contributed by atoms with van der Waals surface area (Å²) >= 11 is 3.22. The zero-order valence-electron chi connectivity index (χ0n) is 9.63. The minimum Gasteiger partial charge on any atom is -0.391 e. The third kappa shape index (κ3) is 3.50. The maximum atomic E-state index is 13.6. The number of aliphatic hydroxyl groups excluding tert-OH is 1. The van der Waals surface area contributed by atoms with Crippen molar-refractivity contribution in [2.24, 2.45) is 0 Å². The average Bonchev–Trinajstić information content (AvgIpc) is 2.34. The van der Waals surface area contributed by atoms with Crippen molar-refractivity contribution in [3.05, 3.63) is 34.1 Å². The van der Waals surface area contributed by atoms with E-state index in [1.54, 1.807) is 12.1 Å². The van der Waals surface area contributed by atoms with Crippen molar-refractivity contribution in [3.63, 3.8) is 0 Å². The molecule has 1 aromatic rings. The molecule has 0 radical (unpaired) electrons. The van der Waals surface area contributed by atoms with Crippen molar-refractivity contribution in [3.8, 4) is 0 Å². The van der Waals surface area contributed by atoms with Gasteiger partial charge in [-0.15, -0.1) is 0 Å². The summed E-state index contributed by atoms with van der Waals surface area (Å²) in [6, 6.07) is 5.08. The highest BCUT2D eigenvalue weighted by Crippen LogP contribution is 2.19. The molecule has 1 fully saturated rings. The minimum atomic E-state index is -0.508. The molecule has 1 saturated heterocycles. The zero-order chi connectivity index (χ0) is 12.3. The molecule has 2 atom stereocenters. The van der Waals surface area contributed by atoms with Crippen LogP contribution in [0.3, 0.4) is 0 Å². The van der Waals surface area contributed by atoms with Crippen molar-refractivity contribution in [2.75, 3.05) is 6.54 Å². The van der Waals surface area contributed by atoms with Gasteiger partial charge in [0.1, 0.15) is 5.82 Å². The number of hydrogen-bond acceptors (Lipinski definition) is 2. The normalized spacial score (nSPS) is 22.4. The van der Waals surface area contributed by atoms with Gasteiger partial charge in [0, 0.05) is 16.9 Å². The molecule has 0 spiro atoms. The van der Waals surface area contributed by atoms with Gasteiger partial charge in [0.25, 0.3) is 0 Å². The quantitative estimate of drug-likeness (QED) is 0.899. The Bertz CT molecular complexity index is 380. The standard InChI is InChI=1S/C13H17BrFNO/c14-10-5-4-9(11(15)8-10)7-13(17)12-3-1-2-6-16-12/h4-5,8,12-13,16-17H,1-3,6-7H2.